The first-order valence-electron chi connectivity index (χ1n) is 8.01. The Morgan fingerprint density at radius 3 is 2.81 bits per heavy atom. The van der Waals surface area contributed by atoms with E-state index in [1.165, 1.54) is 11.3 Å². The van der Waals surface area contributed by atoms with Gasteiger partial charge in [0.05, 0.1) is 21.6 Å². The Bertz CT molecular complexity index is 964. The molecule has 0 radical (unpaired) electrons. The number of carbonyl (C=O) groups is 1. The zero-order valence-electron chi connectivity index (χ0n) is 14.0. The quantitative estimate of drug-likeness (QED) is 0.564. The summed E-state index contributed by atoms with van der Waals surface area (Å²) >= 11 is 13.3. The van der Waals surface area contributed by atoms with E-state index in [0.717, 1.165) is 10.4 Å². The molecule has 1 atom stereocenters. The van der Waals surface area contributed by atoms with E-state index in [4.69, 9.17) is 28.9 Å². The molecule has 4 N–H and O–H groups in total. The first kappa shape index (κ1) is 19.6. The van der Waals surface area contributed by atoms with Gasteiger partial charge in [0.1, 0.15) is 0 Å². The van der Waals surface area contributed by atoms with E-state index in [9.17, 15) is 9.90 Å². The number of aliphatic hydroxyl groups is 1. The molecule has 0 bridgehead atoms. The number of thiophene rings is 1. The average molecular weight is 423 g/mol. The SMILES string of the molecule is Nc1nccc(-c2ccc(C(=O)NCC(O)Cc3ccc(Cl)cc3Cl)s2)n1. The summed E-state index contributed by atoms with van der Waals surface area (Å²) in [4.78, 5) is 21.6. The van der Waals surface area contributed by atoms with Crippen LogP contribution in [0.5, 0.6) is 0 Å². The molecule has 0 spiro atoms. The van der Waals surface area contributed by atoms with Crippen LogP contribution in [-0.2, 0) is 6.42 Å². The third-order valence-corrected chi connectivity index (χ3v) is 5.42. The van der Waals surface area contributed by atoms with Crippen molar-refractivity contribution in [3.63, 3.8) is 0 Å². The van der Waals surface area contributed by atoms with Crippen molar-refractivity contribution in [2.75, 3.05) is 12.3 Å². The predicted molar refractivity (Wildman–Crippen MR) is 108 cm³/mol. The minimum atomic E-state index is -0.770. The van der Waals surface area contributed by atoms with E-state index in [1.807, 2.05) is 0 Å². The van der Waals surface area contributed by atoms with Crippen LogP contribution >= 0.6 is 34.5 Å². The molecule has 1 aromatic carbocycles. The van der Waals surface area contributed by atoms with Gasteiger partial charge in [-0.15, -0.1) is 11.3 Å². The molecule has 140 valence electrons. The van der Waals surface area contributed by atoms with Crippen LogP contribution in [0.2, 0.25) is 10.0 Å². The van der Waals surface area contributed by atoms with Gasteiger partial charge in [0.25, 0.3) is 5.91 Å². The van der Waals surface area contributed by atoms with Gasteiger partial charge in [-0.1, -0.05) is 29.3 Å². The lowest BCUT2D eigenvalue weighted by molar-refractivity contribution is 0.0920. The molecule has 0 aliphatic rings. The zero-order valence-corrected chi connectivity index (χ0v) is 16.4. The smallest absolute Gasteiger partial charge is 0.261 e. The van der Waals surface area contributed by atoms with E-state index in [0.29, 0.717) is 27.0 Å². The molecule has 9 heteroatoms. The molecule has 2 aromatic heterocycles. The number of hydrogen-bond donors (Lipinski definition) is 3. The minimum Gasteiger partial charge on any atom is -0.391 e. The topological polar surface area (TPSA) is 101 Å². The van der Waals surface area contributed by atoms with Crippen molar-refractivity contribution in [1.82, 2.24) is 15.3 Å². The lowest BCUT2D eigenvalue weighted by Crippen LogP contribution is -2.32. The van der Waals surface area contributed by atoms with Crippen molar-refractivity contribution in [2.45, 2.75) is 12.5 Å². The summed E-state index contributed by atoms with van der Waals surface area (Å²) in [5.74, 6) is -0.0922. The number of carbonyl (C=O) groups excluding carboxylic acids is 1. The van der Waals surface area contributed by atoms with Gasteiger partial charge in [0.2, 0.25) is 5.95 Å². The summed E-state index contributed by atoms with van der Waals surface area (Å²) in [5.41, 5.74) is 7.01. The monoisotopic (exact) mass is 422 g/mol. The Morgan fingerprint density at radius 1 is 1.26 bits per heavy atom. The van der Waals surface area contributed by atoms with E-state index in [1.54, 1.807) is 42.6 Å². The van der Waals surface area contributed by atoms with Gasteiger partial charge >= 0.3 is 0 Å². The molecule has 0 saturated heterocycles. The summed E-state index contributed by atoms with van der Waals surface area (Å²) < 4.78 is 0. The van der Waals surface area contributed by atoms with Crippen LogP contribution in [0, 0.1) is 0 Å². The highest BCUT2D eigenvalue weighted by Gasteiger charge is 2.14. The number of nitrogen functional groups attached to an aromatic ring is 1. The summed E-state index contributed by atoms with van der Waals surface area (Å²) in [7, 11) is 0. The molecule has 3 aromatic rings. The Kier molecular flexibility index (Phi) is 6.28. The maximum atomic E-state index is 12.3. The fourth-order valence-electron chi connectivity index (χ4n) is 2.42. The maximum Gasteiger partial charge on any atom is 0.261 e. The molecule has 27 heavy (non-hydrogen) atoms. The first-order valence-corrected chi connectivity index (χ1v) is 9.58. The number of anilines is 1. The normalized spacial score (nSPS) is 12.0. The van der Waals surface area contributed by atoms with Gasteiger partial charge in [-0.25, -0.2) is 9.97 Å². The summed E-state index contributed by atoms with van der Waals surface area (Å²) in [6.45, 7) is 0.103. The fourth-order valence-corrected chi connectivity index (χ4v) is 3.80. The number of nitrogens with zero attached hydrogens (tertiary/aromatic N) is 2. The van der Waals surface area contributed by atoms with Gasteiger partial charge in [-0.3, -0.25) is 4.79 Å². The van der Waals surface area contributed by atoms with E-state index in [2.05, 4.69) is 15.3 Å². The van der Waals surface area contributed by atoms with Gasteiger partial charge < -0.3 is 16.2 Å². The van der Waals surface area contributed by atoms with Crippen molar-refractivity contribution < 1.29 is 9.90 Å². The summed E-state index contributed by atoms with van der Waals surface area (Å²) in [5, 5.41) is 13.9. The zero-order chi connectivity index (χ0) is 19.4. The van der Waals surface area contributed by atoms with Crippen molar-refractivity contribution >= 4 is 46.4 Å². The standard InChI is InChI=1S/C18H16Cl2N4O2S/c19-11-2-1-10(13(20)8-11)7-12(25)9-23-17(26)16-4-3-15(27-16)14-5-6-22-18(21)24-14/h1-6,8,12,25H,7,9H2,(H,23,26)(H2,21,22,24). The molecule has 0 fully saturated rings. The fraction of sp³-hybridized carbons (Fsp3) is 0.167. The molecule has 0 aliphatic carbocycles. The number of rotatable bonds is 6. The van der Waals surface area contributed by atoms with Crippen molar-refractivity contribution in [3.8, 4) is 10.6 Å². The second kappa shape index (κ2) is 8.67. The molecule has 6 nitrogen and oxygen atoms in total. The van der Waals surface area contributed by atoms with Crippen molar-refractivity contribution in [1.29, 1.82) is 0 Å². The minimum absolute atomic E-state index is 0.103. The summed E-state index contributed by atoms with van der Waals surface area (Å²) in [6, 6.07) is 10.3. The molecule has 1 amide bonds. The van der Waals surface area contributed by atoms with Gasteiger partial charge in [-0.2, -0.15) is 0 Å². The number of amides is 1. The number of halogens is 2. The molecule has 3 rings (SSSR count). The number of aromatic nitrogens is 2. The Labute approximate surface area is 170 Å². The maximum absolute atomic E-state index is 12.3. The van der Waals surface area contributed by atoms with Gasteiger partial charge in [-0.05, 0) is 35.9 Å². The predicted octanol–water partition coefficient (Wildman–Crippen LogP) is 3.43. The number of benzene rings is 1. The van der Waals surface area contributed by atoms with Crippen LogP contribution in [0.4, 0.5) is 5.95 Å². The Balaban J connectivity index is 1.57. The highest BCUT2D eigenvalue weighted by atomic mass is 35.5. The van der Waals surface area contributed by atoms with Crippen molar-refractivity contribution in [2.24, 2.45) is 0 Å². The third-order valence-electron chi connectivity index (χ3n) is 3.73. The Hall–Kier alpha value is -2.19. The van der Waals surface area contributed by atoms with E-state index < -0.39 is 6.10 Å². The van der Waals surface area contributed by atoms with Crippen LogP contribution in [0.3, 0.4) is 0 Å². The average Bonchev–Trinajstić information content (AvgIpc) is 3.12. The number of hydrogen-bond acceptors (Lipinski definition) is 6. The number of nitrogens with two attached hydrogens (primary N) is 1. The lowest BCUT2D eigenvalue weighted by Gasteiger charge is -2.12. The molecule has 2 heterocycles. The molecular formula is C18H16Cl2N4O2S. The highest BCUT2D eigenvalue weighted by Crippen LogP contribution is 2.27. The van der Waals surface area contributed by atoms with Crippen LogP contribution in [0.1, 0.15) is 15.2 Å². The molecule has 1 unspecified atom stereocenters. The largest absolute Gasteiger partial charge is 0.391 e. The van der Waals surface area contributed by atoms with Crippen LogP contribution < -0.4 is 11.1 Å². The van der Waals surface area contributed by atoms with Crippen LogP contribution in [-0.4, -0.2) is 33.6 Å². The molecular weight excluding hydrogens is 407 g/mol. The molecule has 0 aliphatic heterocycles. The third kappa shape index (κ3) is 5.17. The number of nitrogens with one attached hydrogen (secondary N) is 1. The van der Waals surface area contributed by atoms with Crippen LogP contribution in [0.25, 0.3) is 10.6 Å². The van der Waals surface area contributed by atoms with Crippen LogP contribution in [0.15, 0.2) is 42.6 Å². The summed E-state index contributed by atoms with van der Waals surface area (Å²) in [6.07, 6.45) is 1.11. The van der Waals surface area contributed by atoms with Crippen molar-refractivity contribution in [3.05, 3.63) is 63.1 Å². The van der Waals surface area contributed by atoms with Gasteiger partial charge in [0, 0.05) is 29.2 Å². The first-order chi connectivity index (χ1) is 12.9. The Morgan fingerprint density at radius 2 is 2.07 bits per heavy atom. The van der Waals surface area contributed by atoms with Gasteiger partial charge in [0.15, 0.2) is 0 Å². The lowest BCUT2D eigenvalue weighted by atomic mass is 10.1. The second-order valence-electron chi connectivity index (χ2n) is 5.77. The molecule has 0 saturated carbocycles. The highest BCUT2D eigenvalue weighted by molar-refractivity contribution is 7.17. The van der Waals surface area contributed by atoms with E-state index in [-0.39, 0.29) is 18.4 Å². The second-order valence-corrected chi connectivity index (χ2v) is 7.70. The van der Waals surface area contributed by atoms with E-state index >= 15 is 0 Å². The number of aliphatic hydroxyl groups excluding tert-OH is 1.